The highest BCUT2D eigenvalue weighted by Gasteiger charge is 2.06. The lowest BCUT2D eigenvalue weighted by Gasteiger charge is -2.09. The maximum atomic E-state index is 5.19. The molecule has 0 aliphatic rings. The van der Waals surface area contributed by atoms with Gasteiger partial charge in [0.2, 0.25) is 0 Å². The molecule has 0 atom stereocenters. The molecule has 0 amide bonds. The van der Waals surface area contributed by atoms with Crippen LogP contribution in [-0.2, 0) is 0 Å². The molecule has 2 rings (SSSR count). The van der Waals surface area contributed by atoms with Crippen LogP contribution in [0.15, 0.2) is 24.5 Å². The van der Waals surface area contributed by atoms with E-state index in [1.165, 1.54) is 16.7 Å². The summed E-state index contributed by atoms with van der Waals surface area (Å²) in [6.07, 6.45) is 1.66. The third-order valence-corrected chi connectivity index (χ3v) is 3.16. The molecule has 16 heavy (non-hydrogen) atoms. The zero-order valence-corrected chi connectivity index (χ0v) is 10.5. The number of nitrogens with zero attached hydrogens (tertiary/aromatic N) is 1. The van der Waals surface area contributed by atoms with Crippen LogP contribution in [0, 0.1) is 25.4 Å². The highest BCUT2D eigenvalue weighted by molar-refractivity contribution is 7.71. The molecule has 0 unspecified atom stereocenters. The Morgan fingerprint density at radius 3 is 2.69 bits per heavy atom. The minimum atomic E-state index is 0.662. The van der Waals surface area contributed by atoms with Crippen molar-refractivity contribution < 1.29 is 0 Å². The number of aromatic nitrogens is 2. The molecule has 0 radical (unpaired) electrons. The first-order valence-electron chi connectivity index (χ1n) is 5.21. The first-order valence-corrected chi connectivity index (χ1v) is 5.62. The monoisotopic (exact) mass is 230 g/mol. The molecule has 0 fully saturated rings. The van der Waals surface area contributed by atoms with Gasteiger partial charge in [-0.25, -0.2) is 4.98 Å². The van der Waals surface area contributed by atoms with E-state index < -0.39 is 0 Å². The highest BCUT2D eigenvalue weighted by Crippen LogP contribution is 2.25. The molecule has 2 aromatic rings. The van der Waals surface area contributed by atoms with Crippen LogP contribution in [0.4, 0.5) is 0 Å². The van der Waals surface area contributed by atoms with Crippen LogP contribution in [0.25, 0.3) is 11.3 Å². The predicted octanol–water partition coefficient (Wildman–Crippen LogP) is 3.73. The van der Waals surface area contributed by atoms with E-state index in [4.69, 9.17) is 12.2 Å². The molecule has 0 bridgehead atoms. The van der Waals surface area contributed by atoms with Crippen LogP contribution >= 0.6 is 12.2 Å². The molecule has 1 aromatic carbocycles. The van der Waals surface area contributed by atoms with Crippen molar-refractivity contribution in [2.24, 2.45) is 0 Å². The molecule has 0 aliphatic carbocycles. The molecule has 1 N–H and O–H groups in total. The molecular formula is C13H14N2S. The Labute approximate surface area is 100 Å². The summed E-state index contributed by atoms with van der Waals surface area (Å²) in [7, 11) is 0. The molecule has 0 aliphatic heterocycles. The number of hydrogen-bond acceptors (Lipinski definition) is 2. The topological polar surface area (TPSA) is 28.7 Å². The Balaban J connectivity index is 2.72. The van der Waals surface area contributed by atoms with Crippen molar-refractivity contribution in [1.82, 2.24) is 9.97 Å². The second kappa shape index (κ2) is 4.18. The average molecular weight is 230 g/mol. The van der Waals surface area contributed by atoms with Crippen LogP contribution in [-0.4, -0.2) is 9.97 Å². The summed E-state index contributed by atoms with van der Waals surface area (Å²) >= 11 is 5.19. The van der Waals surface area contributed by atoms with E-state index in [0.29, 0.717) is 4.64 Å². The summed E-state index contributed by atoms with van der Waals surface area (Å²) < 4.78 is 0.662. The lowest BCUT2D eigenvalue weighted by molar-refractivity contribution is 1.11. The van der Waals surface area contributed by atoms with Crippen LogP contribution in [0.3, 0.4) is 0 Å². The number of nitrogens with one attached hydrogen (secondary N) is 1. The van der Waals surface area contributed by atoms with Gasteiger partial charge >= 0.3 is 0 Å². The van der Waals surface area contributed by atoms with Gasteiger partial charge in [-0.3, -0.25) is 0 Å². The third kappa shape index (κ3) is 1.91. The van der Waals surface area contributed by atoms with E-state index in [1.54, 1.807) is 6.33 Å². The first-order chi connectivity index (χ1) is 7.59. The van der Waals surface area contributed by atoms with Crippen LogP contribution in [0.2, 0.25) is 0 Å². The van der Waals surface area contributed by atoms with E-state index in [0.717, 1.165) is 11.3 Å². The number of aryl methyl sites for hydroxylation is 2. The Morgan fingerprint density at radius 1 is 1.19 bits per heavy atom. The predicted molar refractivity (Wildman–Crippen MR) is 69.1 cm³/mol. The van der Waals surface area contributed by atoms with Crippen molar-refractivity contribution in [2.45, 2.75) is 20.8 Å². The summed E-state index contributed by atoms with van der Waals surface area (Å²) in [5.74, 6) is 0. The van der Waals surface area contributed by atoms with Crippen molar-refractivity contribution in [1.29, 1.82) is 0 Å². The Bertz CT molecular complexity index is 585. The lowest BCUT2D eigenvalue weighted by atomic mass is 10.0. The van der Waals surface area contributed by atoms with Gasteiger partial charge in [-0.05, 0) is 32.4 Å². The number of rotatable bonds is 1. The van der Waals surface area contributed by atoms with E-state index in [2.05, 4.69) is 42.0 Å². The second-order valence-corrected chi connectivity index (χ2v) is 4.41. The molecule has 0 saturated heterocycles. The van der Waals surface area contributed by atoms with Crippen molar-refractivity contribution >= 4 is 12.2 Å². The maximum absolute atomic E-state index is 5.19. The first kappa shape index (κ1) is 11.0. The molecule has 2 nitrogen and oxygen atoms in total. The van der Waals surface area contributed by atoms with Crippen molar-refractivity contribution in [3.8, 4) is 11.3 Å². The van der Waals surface area contributed by atoms with E-state index in [1.807, 2.05) is 6.92 Å². The number of aromatic amines is 1. The van der Waals surface area contributed by atoms with Gasteiger partial charge in [-0.1, -0.05) is 29.9 Å². The van der Waals surface area contributed by atoms with Gasteiger partial charge in [0, 0.05) is 11.1 Å². The van der Waals surface area contributed by atoms with E-state index in [-0.39, 0.29) is 0 Å². The van der Waals surface area contributed by atoms with Gasteiger partial charge < -0.3 is 4.98 Å². The van der Waals surface area contributed by atoms with E-state index >= 15 is 0 Å². The van der Waals surface area contributed by atoms with Gasteiger partial charge in [0.25, 0.3) is 0 Å². The summed E-state index contributed by atoms with van der Waals surface area (Å²) in [5, 5.41) is 0. The summed E-state index contributed by atoms with van der Waals surface area (Å²) in [6.45, 7) is 6.20. The third-order valence-electron chi connectivity index (χ3n) is 2.75. The molecule has 1 heterocycles. The molecule has 1 aromatic heterocycles. The van der Waals surface area contributed by atoms with Crippen molar-refractivity contribution in [3.05, 3.63) is 45.9 Å². The molecule has 82 valence electrons. The Hall–Kier alpha value is -1.48. The fourth-order valence-electron chi connectivity index (χ4n) is 1.75. The van der Waals surface area contributed by atoms with Crippen LogP contribution in [0.5, 0.6) is 0 Å². The normalized spacial score (nSPS) is 10.4. The number of benzene rings is 1. The van der Waals surface area contributed by atoms with Gasteiger partial charge in [-0.15, -0.1) is 0 Å². The number of H-pyrrole nitrogens is 1. The van der Waals surface area contributed by atoms with Gasteiger partial charge in [-0.2, -0.15) is 0 Å². The largest absolute Gasteiger partial charge is 0.346 e. The zero-order valence-electron chi connectivity index (χ0n) is 9.66. The van der Waals surface area contributed by atoms with Crippen molar-refractivity contribution in [2.75, 3.05) is 0 Å². The van der Waals surface area contributed by atoms with E-state index in [9.17, 15) is 0 Å². The van der Waals surface area contributed by atoms with Crippen molar-refractivity contribution in [3.63, 3.8) is 0 Å². The van der Waals surface area contributed by atoms with Gasteiger partial charge in [0.1, 0.15) is 4.64 Å². The highest BCUT2D eigenvalue weighted by atomic mass is 32.1. The fraction of sp³-hybridized carbons (Fsp3) is 0.231. The second-order valence-electron chi connectivity index (χ2n) is 4.03. The summed E-state index contributed by atoms with van der Waals surface area (Å²) in [6, 6.07) is 6.41. The quantitative estimate of drug-likeness (QED) is 0.756. The summed E-state index contributed by atoms with van der Waals surface area (Å²) in [4.78, 5) is 7.26. The SMILES string of the molecule is Cc1ccc(C)c(-c2[nH]cnc(=S)c2C)c1. The number of hydrogen-bond donors (Lipinski definition) is 1. The standard InChI is InChI=1S/C13H14N2S/c1-8-4-5-9(2)11(6-8)12-10(3)13(16)15-7-14-12/h4-7H,1-3H3,(H,14,15,16). The lowest BCUT2D eigenvalue weighted by Crippen LogP contribution is -1.94. The van der Waals surface area contributed by atoms with Gasteiger partial charge in [0.15, 0.2) is 0 Å². The fourth-order valence-corrected chi connectivity index (χ4v) is 1.91. The Morgan fingerprint density at radius 2 is 1.94 bits per heavy atom. The molecule has 0 saturated carbocycles. The van der Waals surface area contributed by atoms with Crippen LogP contribution in [0.1, 0.15) is 16.7 Å². The smallest absolute Gasteiger partial charge is 0.132 e. The van der Waals surface area contributed by atoms with Gasteiger partial charge in [0.05, 0.1) is 12.0 Å². The molecule has 3 heteroatoms. The maximum Gasteiger partial charge on any atom is 0.132 e. The minimum Gasteiger partial charge on any atom is -0.346 e. The van der Waals surface area contributed by atoms with Crippen LogP contribution < -0.4 is 0 Å². The average Bonchev–Trinajstić information content (AvgIpc) is 2.26. The molecular weight excluding hydrogens is 216 g/mol. The molecule has 0 spiro atoms. The minimum absolute atomic E-state index is 0.662. The zero-order chi connectivity index (χ0) is 11.7. The summed E-state index contributed by atoms with van der Waals surface area (Å²) in [5.41, 5.74) is 5.79. The Kier molecular flexibility index (Phi) is 2.88.